The van der Waals surface area contributed by atoms with Crippen molar-refractivity contribution >= 4 is 11.6 Å². The fourth-order valence-corrected chi connectivity index (χ4v) is 2.64. The van der Waals surface area contributed by atoms with E-state index in [0.717, 1.165) is 37.1 Å². The van der Waals surface area contributed by atoms with Gasteiger partial charge in [0.25, 0.3) is 0 Å². The van der Waals surface area contributed by atoms with Gasteiger partial charge < -0.3 is 10.6 Å². The zero-order valence-corrected chi connectivity index (χ0v) is 13.9. The van der Waals surface area contributed by atoms with Crippen molar-refractivity contribution in [3.63, 3.8) is 0 Å². The lowest BCUT2D eigenvalue weighted by Gasteiger charge is -2.17. The van der Waals surface area contributed by atoms with Crippen LogP contribution in [0.25, 0.3) is 0 Å². The van der Waals surface area contributed by atoms with Crippen molar-refractivity contribution in [1.82, 2.24) is 4.90 Å². The summed E-state index contributed by atoms with van der Waals surface area (Å²) in [6, 6.07) is 18.2. The molecule has 23 heavy (non-hydrogen) atoms. The summed E-state index contributed by atoms with van der Waals surface area (Å²) in [5.41, 5.74) is 9.10. The van der Waals surface area contributed by atoms with Crippen LogP contribution in [0.3, 0.4) is 0 Å². The van der Waals surface area contributed by atoms with Crippen molar-refractivity contribution in [3.8, 4) is 0 Å². The van der Waals surface area contributed by atoms with Crippen molar-refractivity contribution in [2.75, 3.05) is 19.3 Å². The fourth-order valence-electron chi connectivity index (χ4n) is 2.64. The van der Waals surface area contributed by atoms with Crippen molar-refractivity contribution in [2.24, 2.45) is 0 Å². The average Bonchev–Trinajstić information content (AvgIpc) is 2.58. The quantitative estimate of drug-likeness (QED) is 0.597. The molecule has 0 aromatic heterocycles. The van der Waals surface area contributed by atoms with Gasteiger partial charge in [0.05, 0.1) is 0 Å². The highest BCUT2D eigenvalue weighted by Crippen LogP contribution is 2.13. The molecule has 0 saturated heterocycles. The molecule has 0 atom stereocenters. The number of benzene rings is 2. The number of amides is 1. The molecule has 0 spiro atoms. The van der Waals surface area contributed by atoms with E-state index < -0.39 is 0 Å². The van der Waals surface area contributed by atoms with Crippen LogP contribution in [0.4, 0.5) is 5.69 Å². The third kappa shape index (κ3) is 5.78. The van der Waals surface area contributed by atoms with Crippen molar-refractivity contribution < 1.29 is 4.79 Å². The number of hydrogen-bond donors (Lipinski definition) is 1. The Kier molecular flexibility index (Phi) is 6.67. The Balaban J connectivity index is 1.66. The van der Waals surface area contributed by atoms with E-state index in [0.29, 0.717) is 12.8 Å². The van der Waals surface area contributed by atoms with Crippen LogP contribution in [0.1, 0.15) is 30.4 Å². The summed E-state index contributed by atoms with van der Waals surface area (Å²) < 4.78 is 0. The van der Waals surface area contributed by atoms with Crippen LogP contribution in [0.15, 0.2) is 54.6 Å². The Morgan fingerprint density at radius 1 is 0.957 bits per heavy atom. The van der Waals surface area contributed by atoms with Gasteiger partial charge in [0, 0.05) is 25.7 Å². The smallest absolute Gasteiger partial charge is 0.222 e. The van der Waals surface area contributed by atoms with Gasteiger partial charge in [-0.2, -0.15) is 0 Å². The minimum Gasteiger partial charge on any atom is -0.399 e. The molecule has 0 aliphatic heterocycles. The molecule has 2 aromatic rings. The largest absolute Gasteiger partial charge is 0.399 e. The van der Waals surface area contributed by atoms with Gasteiger partial charge in [-0.1, -0.05) is 48.5 Å². The summed E-state index contributed by atoms with van der Waals surface area (Å²) in [7, 11) is 1.89. The number of carbonyl (C=O) groups is 1. The minimum absolute atomic E-state index is 0.188. The summed E-state index contributed by atoms with van der Waals surface area (Å²) in [6.45, 7) is 0.815. The van der Waals surface area contributed by atoms with Crippen LogP contribution in [-0.2, 0) is 17.6 Å². The summed E-state index contributed by atoms with van der Waals surface area (Å²) in [5.74, 6) is 0.188. The molecule has 0 unspecified atom stereocenters. The summed E-state index contributed by atoms with van der Waals surface area (Å²) in [6.07, 6.45) is 4.44. The zero-order chi connectivity index (χ0) is 16.5. The first kappa shape index (κ1) is 17.1. The molecule has 122 valence electrons. The second-order valence-corrected chi connectivity index (χ2v) is 5.96. The van der Waals surface area contributed by atoms with Crippen molar-refractivity contribution in [3.05, 3.63) is 65.7 Å². The molecule has 0 aliphatic carbocycles. The fraction of sp³-hybridized carbons (Fsp3) is 0.350. The average molecular weight is 310 g/mol. The molecule has 1 amide bonds. The van der Waals surface area contributed by atoms with Crippen LogP contribution in [0.2, 0.25) is 0 Å². The molecule has 0 fully saturated rings. The second kappa shape index (κ2) is 8.99. The molecular weight excluding hydrogens is 284 g/mol. The molecule has 3 heteroatoms. The van der Waals surface area contributed by atoms with Gasteiger partial charge in [-0.15, -0.1) is 0 Å². The maximum Gasteiger partial charge on any atom is 0.222 e. The topological polar surface area (TPSA) is 46.3 Å². The first-order valence-corrected chi connectivity index (χ1v) is 8.28. The van der Waals surface area contributed by atoms with E-state index in [4.69, 9.17) is 5.73 Å². The molecule has 0 bridgehead atoms. The van der Waals surface area contributed by atoms with E-state index in [1.807, 2.05) is 42.3 Å². The van der Waals surface area contributed by atoms with Crippen molar-refractivity contribution in [1.29, 1.82) is 0 Å². The number of anilines is 1. The predicted octanol–water partition coefficient (Wildman–Crippen LogP) is 3.68. The molecule has 2 rings (SSSR count). The van der Waals surface area contributed by atoms with Crippen molar-refractivity contribution in [2.45, 2.75) is 32.1 Å². The molecular formula is C20H26N2O. The second-order valence-electron chi connectivity index (χ2n) is 5.96. The van der Waals surface area contributed by atoms with E-state index in [1.165, 1.54) is 5.56 Å². The number of carbonyl (C=O) groups excluding carboxylic acids is 1. The molecule has 0 saturated carbocycles. The highest BCUT2D eigenvalue weighted by Gasteiger charge is 2.09. The first-order valence-electron chi connectivity index (χ1n) is 8.28. The Bertz CT molecular complexity index is 610. The minimum atomic E-state index is 0.188. The predicted molar refractivity (Wildman–Crippen MR) is 96.2 cm³/mol. The normalized spacial score (nSPS) is 10.5. The molecule has 0 aliphatic rings. The van der Waals surface area contributed by atoms with Gasteiger partial charge in [-0.05, 0) is 42.9 Å². The summed E-state index contributed by atoms with van der Waals surface area (Å²) in [5, 5.41) is 0. The van der Waals surface area contributed by atoms with Crippen LogP contribution >= 0.6 is 0 Å². The third-order valence-corrected chi connectivity index (χ3v) is 4.14. The summed E-state index contributed by atoms with van der Waals surface area (Å²) >= 11 is 0. The van der Waals surface area contributed by atoms with Gasteiger partial charge in [-0.3, -0.25) is 4.79 Å². The van der Waals surface area contributed by atoms with E-state index in [2.05, 4.69) is 24.3 Å². The lowest BCUT2D eigenvalue weighted by molar-refractivity contribution is -0.129. The van der Waals surface area contributed by atoms with Crippen LogP contribution in [0.5, 0.6) is 0 Å². The van der Waals surface area contributed by atoms with Crippen LogP contribution in [-0.4, -0.2) is 24.4 Å². The van der Waals surface area contributed by atoms with Crippen LogP contribution in [0, 0.1) is 0 Å². The van der Waals surface area contributed by atoms with E-state index >= 15 is 0 Å². The Morgan fingerprint density at radius 2 is 1.65 bits per heavy atom. The molecule has 3 nitrogen and oxygen atoms in total. The number of unbranched alkanes of at least 4 members (excludes halogenated alkanes) is 1. The van der Waals surface area contributed by atoms with E-state index in [-0.39, 0.29) is 5.91 Å². The standard InChI is InChI=1S/C20H26N2O/c1-22(16-8-7-11-17-9-3-2-4-10-17)20(23)15-14-18-12-5-6-13-19(18)21/h2-6,9-10,12-13H,7-8,11,14-16,21H2,1H3. The number of aryl methyl sites for hydroxylation is 2. The van der Waals surface area contributed by atoms with E-state index in [1.54, 1.807) is 0 Å². The monoisotopic (exact) mass is 310 g/mol. The Labute approximate surface area is 139 Å². The number of nitrogens with zero attached hydrogens (tertiary/aromatic N) is 1. The van der Waals surface area contributed by atoms with Gasteiger partial charge >= 0.3 is 0 Å². The highest BCUT2D eigenvalue weighted by molar-refractivity contribution is 5.76. The lowest BCUT2D eigenvalue weighted by atomic mass is 10.1. The highest BCUT2D eigenvalue weighted by atomic mass is 16.2. The maximum atomic E-state index is 12.2. The first-order chi connectivity index (χ1) is 11.2. The molecule has 0 heterocycles. The molecule has 2 aromatic carbocycles. The van der Waals surface area contributed by atoms with Gasteiger partial charge in [-0.25, -0.2) is 0 Å². The van der Waals surface area contributed by atoms with Gasteiger partial charge in [0.15, 0.2) is 0 Å². The van der Waals surface area contributed by atoms with Gasteiger partial charge in [0.1, 0.15) is 0 Å². The summed E-state index contributed by atoms with van der Waals surface area (Å²) in [4.78, 5) is 14.0. The zero-order valence-electron chi connectivity index (χ0n) is 13.9. The van der Waals surface area contributed by atoms with E-state index in [9.17, 15) is 4.79 Å². The van der Waals surface area contributed by atoms with Gasteiger partial charge in [0.2, 0.25) is 5.91 Å². The molecule has 0 radical (unpaired) electrons. The Morgan fingerprint density at radius 3 is 2.39 bits per heavy atom. The number of rotatable bonds is 8. The number of para-hydroxylation sites is 1. The number of nitrogens with two attached hydrogens (primary N) is 1. The maximum absolute atomic E-state index is 12.2. The SMILES string of the molecule is CN(CCCCc1ccccc1)C(=O)CCc1ccccc1N. The molecule has 2 N–H and O–H groups in total. The lowest BCUT2D eigenvalue weighted by Crippen LogP contribution is -2.28. The Hall–Kier alpha value is -2.29. The van der Waals surface area contributed by atoms with Crippen LogP contribution < -0.4 is 5.73 Å². The number of nitrogen functional groups attached to an aromatic ring is 1. The number of hydrogen-bond acceptors (Lipinski definition) is 2. The third-order valence-electron chi connectivity index (χ3n) is 4.14.